The molecule has 9 nitrogen and oxygen atoms in total. The summed E-state index contributed by atoms with van der Waals surface area (Å²) >= 11 is 0. The van der Waals surface area contributed by atoms with Crippen molar-refractivity contribution in [3.05, 3.63) is 46.5 Å². The van der Waals surface area contributed by atoms with Crippen LogP contribution in [0.2, 0.25) is 0 Å². The van der Waals surface area contributed by atoms with Gasteiger partial charge in [-0.15, -0.1) is 0 Å². The summed E-state index contributed by atoms with van der Waals surface area (Å²) in [6.45, 7) is 3.72. The van der Waals surface area contributed by atoms with Gasteiger partial charge >= 0.3 is 11.9 Å². The smallest absolute Gasteiger partial charge is 0.334 e. The van der Waals surface area contributed by atoms with E-state index in [-0.39, 0.29) is 18.8 Å². The number of carbonyl (C=O) groups excluding carboxylic acids is 2. The average molecular weight is 501 g/mol. The minimum absolute atomic E-state index is 0.145. The average Bonchev–Trinajstić information content (AvgIpc) is 2.90. The molecule has 1 aliphatic rings. The van der Waals surface area contributed by atoms with E-state index < -0.39 is 23.8 Å². The highest BCUT2D eigenvalue weighted by Gasteiger charge is 2.43. The summed E-state index contributed by atoms with van der Waals surface area (Å²) < 4.78 is 38.4. The number of esters is 2. The van der Waals surface area contributed by atoms with Crippen LogP contribution in [0.1, 0.15) is 36.5 Å². The van der Waals surface area contributed by atoms with E-state index in [4.69, 9.17) is 33.2 Å². The molecule has 9 heteroatoms. The second kappa shape index (κ2) is 11.7. The SMILES string of the molecule is CCOC(=O)C1=Cc2cc(OC)c(OC)cc2[C@H](c2cc(OC)c(OC)c(OC)c2)[C@H]1C(=O)OCC. The monoisotopic (exact) mass is 500 g/mol. The quantitative estimate of drug-likeness (QED) is 0.448. The largest absolute Gasteiger partial charge is 0.493 e. The van der Waals surface area contributed by atoms with Gasteiger partial charge in [0.05, 0.1) is 60.3 Å². The van der Waals surface area contributed by atoms with Crippen LogP contribution in [-0.2, 0) is 19.1 Å². The summed E-state index contributed by atoms with van der Waals surface area (Å²) in [6.07, 6.45) is 1.64. The van der Waals surface area contributed by atoms with E-state index in [0.29, 0.717) is 39.9 Å². The van der Waals surface area contributed by atoms with Crippen LogP contribution in [0.4, 0.5) is 0 Å². The normalized spacial score (nSPS) is 16.2. The van der Waals surface area contributed by atoms with Crippen LogP contribution in [-0.4, -0.2) is 60.7 Å². The molecule has 0 heterocycles. The number of fused-ring (bicyclic) bond motifs is 1. The topological polar surface area (TPSA) is 98.8 Å². The first-order valence-corrected chi connectivity index (χ1v) is 11.5. The van der Waals surface area contributed by atoms with Crippen LogP contribution in [0, 0.1) is 5.92 Å². The zero-order valence-corrected chi connectivity index (χ0v) is 21.6. The van der Waals surface area contributed by atoms with Gasteiger partial charge in [-0.05, 0) is 60.9 Å². The summed E-state index contributed by atoms with van der Waals surface area (Å²) in [5.41, 5.74) is 2.22. The summed E-state index contributed by atoms with van der Waals surface area (Å²) in [7, 11) is 7.59. The van der Waals surface area contributed by atoms with Crippen molar-refractivity contribution < 1.29 is 42.7 Å². The van der Waals surface area contributed by atoms with E-state index in [0.717, 1.165) is 5.56 Å². The van der Waals surface area contributed by atoms with Gasteiger partial charge in [0.1, 0.15) is 0 Å². The second-order valence-electron chi connectivity index (χ2n) is 7.82. The fourth-order valence-corrected chi connectivity index (χ4v) is 4.47. The fraction of sp³-hybridized carbons (Fsp3) is 0.407. The Balaban J connectivity index is 2.39. The van der Waals surface area contributed by atoms with E-state index in [9.17, 15) is 9.59 Å². The van der Waals surface area contributed by atoms with Gasteiger partial charge in [0.15, 0.2) is 23.0 Å². The van der Waals surface area contributed by atoms with E-state index in [1.807, 2.05) is 0 Å². The van der Waals surface area contributed by atoms with Crippen molar-refractivity contribution in [1.82, 2.24) is 0 Å². The highest BCUT2D eigenvalue weighted by atomic mass is 16.5. The maximum Gasteiger partial charge on any atom is 0.334 e. The van der Waals surface area contributed by atoms with Gasteiger partial charge in [-0.2, -0.15) is 0 Å². The molecular formula is C27H32O9. The third-order valence-corrected chi connectivity index (χ3v) is 6.00. The summed E-state index contributed by atoms with van der Waals surface area (Å²) in [5, 5.41) is 0. The van der Waals surface area contributed by atoms with Crippen molar-refractivity contribution in [1.29, 1.82) is 0 Å². The minimum atomic E-state index is -1.00. The Morgan fingerprint density at radius 1 is 0.722 bits per heavy atom. The molecule has 0 aliphatic heterocycles. The van der Waals surface area contributed by atoms with Crippen LogP contribution in [0.3, 0.4) is 0 Å². The standard InChI is InChI=1S/C27H32O9/c1-8-35-26(28)18-10-15-11-19(30-3)20(31-4)14-17(15)23(24(18)27(29)36-9-2)16-12-21(32-5)25(34-7)22(13-16)33-6/h10-14,23-24H,8-9H2,1-7H3/t23-,24-/m0/s1. The summed E-state index contributed by atoms with van der Waals surface area (Å²) in [5.74, 6) is -0.662. The third kappa shape index (κ3) is 4.91. The zero-order valence-electron chi connectivity index (χ0n) is 21.6. The first-order valence-electron chi connectivity index (χ1n) is 11.5. The van der Waals surface area contributed by atoms with Crippen molar-refractivity contribution in [2.45, 2.75) is 19.8 Å². The predicted octanol–water partition coefficient (Wildman–Crippen LogP) is 4.00. The van der Waals surface area contributed by atoms with Crippen molar-refractivity contribution in [2.75, 3.05) is 48.8 Å². The molecule has 0 bridgehead atoms. The molecule has 0 saturated heterocycles. The van der Waals surface area contributed by atoms with E-state index >= 15 is 0 Å². The number of methoxy groups -OCH3 is 5. The van der Waals surface area contributed by atoms with Crippen LogP contribution < -0.4 is 23.7 Å². The zero-order chi connectivity index (χ0) is 26.4. The molecule has 0 aromatic heterocycles. The number of carbonyl (C=O) groups is 2. The molecule has 194 valence electrons. The third-order valence-electron chi connectivity index (χ3n) is 6.00. The van der Waals surface area contributed by atoms with Crippen molar-refractivity contribution in [3.63, 3.8) is 0 Å². The highest BCUT2D eigenvalue weighted by Crippen LogP contribution is 2.50. The molecule has 2 aromatic rings. The second-order valence-corrected chi connectivity index (χ2v) is 7.82. The summed E-state index contributed by atoms with van der Waals surface area (Å²) in [4.78, 5) is 26.5. The maximum absolute atomic E-state index is 13.4. The Labute approximate surface area is 210 Å². The number of ether oxygens (including phenoxy) is 7. The fourth-order valence-electron chi connectivity index (χ4n) is 4.47. The van der Waals surface area contributed by atoms with Crippen LogP contribution in [0.5, 0.6) is 28.7 Å². The molecule has 0 amide bonds. The molecule has 0 unspecified atom stereocenters. The Hall–Kier alpha value is -3.88. The summed E-state index contributed by atoms with van der Waals surface area (Å²) in [6, 6.07) is 7.08. The highest BCUT2D eigenvalue weighted by molar-refractivity contribution is 6.02. The Kier molecular flexibility index (Phi) is 8.68. The number of benzene rings is 2. The Morgan fingerprint density at radius 3 is 1.78 bits per heavy atom. The van der Waals surface area contributed by atoms with Crippen molar-refractivity contribution in [2.24, 2.45) is 5.92 Å². The molecule has 36 heavy (non-hydrogen) atoms. The van der Waals surface area contributed by atoms with Gasteiger partial charge in [0.25, 0.3) is 0 Å². The van der Waals surface area contributed by atoms with E-state index in [1.165, 1.54) is 35.5 Å². The Bertz CT molecular complexity index is 1130. The maximum atomic E-state index is 13.4. The van der Waals surface area contributed by atoms with Gasteiger partial charge in [-0.3, -0.25) is 4.79 Å². The molecule has 0 N–H and O–H groups in total. The van der Waals surface area contributed by atoms with Crippen LogP contribution in [0.15, 0.2) is 29.8 Å². The molecule has 2 aromatic carbocycles. The molecule has 0 spiro atoms. The lowest BCUT2D eigenvalue weighted by atomic mass is 9.71. The molecule has 0 fully saturated rings. The van der Waals surface area contributed by atoms with Crippen LogP contribution >= 0.6 is 0 Å². The van der Waals surface area contributed by atoms with Crippen molar-refractivity contribution >= 4 is 18.0 Å². The number of hydrogen-bond donors (Lipinski definition) is 0. The van der Waals surface area contributed by atoms with Gasteiger partial charge in [0, 0.05) is 5.92 Å². The first kappa shape index (κ1) is 26.7. The van der Waals surface area contributed by atoms with E-state index in [1.54, 1.807) is 44.2 Å². The van der Waals surface area contributed by atoms with E-state index in [2.05, 4.69) is 0 Å². The van der Waals surface area contributed by atoms with Gasteiger partial charge < -0.3 is 33.2 Å². The number of hydrogen-bond acceptors (Lipinski definition) is 9. The molecule has 2 atom stereocenters. The lowest BCUT2D eigenvalue weighted by molar-refractivity contribution is -0.150. The molecule has 1 aliphatic carbocycles. The van der Waals surface area contributed by atoms with Gasteiger partial charge in [-0.25, -0.2) is 4.79 Å². The molecule has 3 rings (SSSR count). The van der Waals surface area contributed by atoms with Crippen LogP contribution in [0.25, 0.3) is 6.08 Å². The number of rotatable bonds is 10. The Morgan fingerprint density at radius 2 is 1.28 bits per heavy atom. The minimum Gasteiger partial charge on any atom is -0.493 e. The lowest BCUT2D eigenvalue weighted by Crippen LogP contribution is -2.33. The molecule has 0 radical (unpaired) electrons. The van der Waals surface area contributed by atoms with Crippen molar-refractivity contribution in [3.8, 4) is 28.7 Å². The van der Waals surface area contributed by atoms with Gasteiger partial charge in [-0.1, -0.05) is 0 Å². The lowest BCUT2D eigenvalue weighted by Gasteiger charge is -2.33. The molecular weight excluding hydrogens is 468 g/mol. The predicted molar refractivity (Wildman–Crippen MR) is 132 cm³/mol. The first-order chi connectivity index (χ1) is 17.4. The molecule has 0 saturated carbocycles. The van der Waals surface area contributed by atoms with Gasteiger partial charge in [0.2, 0.25) is 5.75 Å².